The number of unbranched alkanes of at least 4 members (excludes halogenated alkanes) is 4. The lowest BCUT2D eigenvalue weighted by molar-refractivity contribution is -0.149. The summed E-state index contributed by atoms with van der Waals surface area (Å²) in [5.74, 6) is 0.170. The molecule has 1 fully saturated rings. The standard InChI is InChI=1S/C16H31NO2/c1-3-5-6-7-8-13-17-15-11-9-14(10-12-15)16(18)19-4-2/h14-15,17H,3-13H2,1-2H3. The Kier molecular flexibility index (Phi) is 8.89. The predicted octanol–water partition coefficient (Wildman–Crippen LogP) is 3.67. The molecular weight excluding hydrogens is 238 g/mol. The van der Waals surface area contributed by atoms with Crippen LogP contribution in [0.3, 0.4) is 0 Å². The van der Waals surface area contributed by atoms with Crippen molar-refractivity contribution in [1.29, 1.82) is 0 Å². The molecule has 0 aliphatic heterocycles. The van der Waals surface area contributed by atoms with Crippen molar-refractivity contribution in [3.05, 3.63) is 0 Å². The molecule has 0 aromatic carbocycles. The molecule has 0 amide bonds. The van der Waals surface area contributed by atoms with E-state index in [4.69, 9.17) is 4.74 Å². The highest BCUT2D eigenvalue weighted by Crippen LogP contribution is 2.25. The zero-order chi connectivity index (χ0) is 13.9. The van der Waals surface area contributed by atoms with Crippen molar-refractivity contribution in [1.82, 2.24) is 5.32 Å². The van der Waals surface area contributed by atoms with Gasteiger partial charge in [-0.15, -0.1) is 0 Å². The molecule has 0 bridgehead atoms. The van der Waals surface area contributed by atoms with Crippen LogP contribution in [0.25, 0.3) is 0 Å². The second kappa shape index (κ2) is 10.2. The normalized spacial score (nSPS) is 23.3. The van der Waals surface area contributed by atoms with E-state index in [9.17, 15) is 4.79 Å². The first kappa shape index (κ1) is 16.5. The summed E-state index contributed by atoms with van der Waals surface area (Å²) in [6.45, 7) is 5.77. The molecule has 0 heterocycles. The second-order valence-corrected chi connectivity index (χ2v) is 5.67. The van der Waals surface area contributed by atoms with Crippen molar-refractivity contribution in [2.24, 2.45) is 5.92 Å². The molecule has 0 aromatic heterocycles. The Morgan fingerprint density at radius 2 is 1.74 bits per heavy atom. The van der Waals surface area contributed by atoms with Gasteiger partial charge in [0, 0.05) is 6.04 Å². The van der Waals surface area contributed by atoms with Gasteiger partial charge in [-0.05, 0) is 45.6 Å². The maximum absolute atomic E-state index is 11.6. The predicted molar refractivity (Wildman–Crippen MR) is 79.1 cm³/mol. The minimum Gasteiger partial charge on any atom is -0.466 e. The zero-order valence-corrected chi connectivity index (χ0v) is 12.7. The van der Waals surface area contributed by atoms with Crippen LogP contribution in [0.5, 0.6) is 0 Å². The van der Waals surface area contributed by atoms with E-state index in [0.717, 1.165) is 32.2 Å². The van der Waals surface area contributed by atoms with E-state index in [2.05, 4.69) is 12.2 Å². The quantitative estimate of drug-likeness (QED) is 0.513. The third-order valence-corrected chi connectivity index (χ3v) is 4.06. The number of nitrogens with one attached hydrogen (secondary N) is 1. The fourth-order valence-electron chi connectivity index (χ4n) is 2.83. The van der Waals surface area contributed by atoms with E-state index < -0.39 is 0 Å². The number of esters is 1. The Morgan fingerprint density at radius 3 is 2.37 bits per heavy atom. The lowest BCUT2D eigenvalue weighted by atomic mass is 9.86. The van der Waals surface area contributed by atoms with Gasteiger partial charge in [-0.2, -0.15) is 0 Å². The van der Waals surface area contributed by atoms with Gasteiger partial charge in [0.1, 0.15) is 0 Å². The number of carbonyl (C=O) groups excluding carboxylic acids is 1. The SMILES string of the molecule is CCCCCCCNC1CCC(C(=O)OCC)CC1. The molecule has 112 valence electrons. The van der Waals surface area contributed by atoms with Gasteiger partial charge in [-0.25, -0.2) is 0 Å². The van der Waals surface area contributed by atoms with Crippen LogP contribution in [0.15, 0.2) is 0 Å². The molecule has 0 unspecified atom stereocenters. The Labute approximate surface area is 118 Å². The molecule has 0 aromatic rings. The van der Waals surface area contributed by atoms with Crippen molar-refractivity contribution in [2.75, 3.05) is 13.2 Å². The van der Waals surface area contributed by atoms with Gasteiger partial charge < -0.3 is 10.1 Å². The highest BCUT2D eigenvalue weighted by atomic mass is 16.5. The van der Waals surface area contributed by atoms with Crippen LogP contribution >= 0.6 is 0 Å². The molecule has 3 heteroatoms. The number of rotatable bonds is 9. The summed E-state index contributed by atoms with van der Waals surface area (Å²) in [4.78, 5) is 11.6. The average molecular weight is 269 g/mol. The summed E-state index contributed by atoms with van der Waals surface area (Å²) in [7, 11) is 0. The summed E-state index contributed by atoms with van der Waals surface area (Å²) in [5.41, 5.74) is 0. The van der Waals surface area contributed by atoms with E-state index in [1.807, 2.05) is 6.92 Å². The van der Waals surface area contributed by atoms with Crippen molar-refractivity contribution in [2.45, 2.75) is 77.7 Å². The van der Waals surface area contributed by atoms with E-state index >= 15 is 0 Å². The number of hydrogen-bond acceptors (Lipinski definition) is 3. The third-order valence-electron chi connectivity index (χ3n) is 4.06. The molecule has 1 rings (SSSR count). The fourth-order valence-corrected chi connectivity index (χ4v) is 2.83. The minimum absolute atomic E-state index is 0.0144. The van der Waals surface area contributed by atoms with Crippen molar-refractivity contribution in [3.8, 4) is 0 Å². The molecule has 0 spiro atoms. The van der Waals surface area contributed by atoms with Crippen LogP contribution in [0.4, 0.5) is 0 Å². The van der Waals surface area contributed by atoms with Gasteiger partial charge >= 0.3 is 5.97 Å². The first-order chi connectivity index (χ1) is 9.27. The van der Waals surface area contributed by atoms with Crippen LogP contribution in [0, 0.1) is 5.92 Å². The average Bonchev–Trinajstić information content (AvgIpc) is 2.43. The summed E-state index contributed by atoms with van der Waals surface area (Å²) < 4.78 is 5.09. The van der Waals surface area contributed by atoms with Crippen LogP contribution < -0.4 is 5.32 Å². The molecule has 0 saturated heterocycles. The summed E-state index contributed by atoms with van der Waals surface area (Å²) >= 11 is 0. The maximum atomic E-state index is 11.6. The monoisotopic (exact) mass is 269 g/mol. The third kappa shape index (κ3) is 6.95. The minimum atomic E-state index is 0.0144. The van der Waals surface area contributed by atoms with E-state index in [1.165, 1.54) is 32.1 Å². The molecule has 19 heavy (non-hydrogen) atoms. The number of hydrogen-bond donors (Lipinski definition) is 1. The van der Waals surface area contributed by atoms with Gasteiger partial charge in [-0.3, -0.25) is 4.79 Å². The highest BCUT2D eigenvalue weighted by molar-refractivity contribution is 5.72. The maximum Gasteiger partial charge on any atom is 0.308 e. The largest absolute Gasteiger partial charge is 0.466 e. The molecule has 1 saturated carbocycles. The highest BCUT2D eigenvalue weighted by Gasteiger charge is 2.26. The topological polar surface area (TPSA) is 38.3 Å². The number of carbonyl (C=O) groups is 1. The van der Waals surface area contributed by atoms with Gasteiger partial charge in [0.2, 0.25) is 0 Å². The fraction of sp³-hybridized carbons (Fsp3) is 0.938. The van der Waals surface area contributed by atoms with Crippen molar-refractivity contribution < 1.29 is 9.53 Å². The summed E-state index contributed by atoms with van der Waals surface area (Å²) in [6.07, 6.45) is 10.9. The van der Waals surface area contributed by atoms with Crippen LogP contribution in [-0.2, 0) is 9.53 Å². The van der Waals surface area contributed by atoms with E-state index in [1.54, 1.807) is 0 Å². The molecule has 3 nitrogen and oxygen atoms in total. The van der Waals surface area contributed by atoms with Gasteiger partial charge in [0.05, 0.1) is 12.5 Å². The molecule has 1 N–H and O–H groups in total. The van der Waals surface area contributed by atoms with Crippen LogP contribution in [0.2, 0.25) is 0 Å². The van der Waals surface area contributed by atoms with Gasteiger partial charge in [-0.1, -0.05) is 32.6 Å². The molecular formula is C16H31NO2. The van der Waals surface area contributed by atoms with Crippen molar-refractivity contribution in [3.63, 3.8) is 0 Å². The van der Waals surface area contributed by atoms with Gasteiger partial charge in [0.15, 0.2) is 0 Å². The Morgan fingerprint density at radius 1 is 1.05 bits per heavy atom. The van der Waals surface area contributed by atoms with Crippen LogP contribution in [-0.4, -0.2) is 25.2 Å². The Bertz CT molecular complexity index is 235. The van der Waals surface area contributed by atoms with Crippen LogP contribution in [0.1, 0.15) is 71.6 Å². The van der Waals surface area contributed by atoms with E-state index in [-0.39, 0.29) is 11.9 Å². The second-order valence-electron chi connectivity index (χ2n) is 5.67. The first-order valence-electron chi connectivity index (χ1n) is 8.18. The smallest absolute Gasteiger partial charge is 0.308 e. The summed E-state index contributed by atoms with van der Waals surface area (Å²) in [5, 5.41) is 3.64. The Balaban J connectivity index is 2.02. The summed E-state index contributed by atoms with van der Waals surface area (Å²) in [6, 6.07) is 0.622. The lowest BCUT2D eigenvalue weighted by Gasteiger charge is -2.28. The van der Waals surface area contributed by atoms with Gasteiger partial charge in [0.25, 0.3) is 0 Å². The lowest BCUT2D eigenvalue weighted by Crippen LogP contribution is -2.35. The zero-order valence-electron chi connectivity index (χ0n) is 12.7. The van der Waals surface area contributed by atoms with Crippen molar-refractivity contribution >= 4 is 5.97 Å². The van der Waals surface area contributed by atoms with E-state index in [0.29, 0.717) is 12.6 Å². The molecule has 1 aliphatic carbocycles. The molecule has 1 aliphatic rings. The molecule has 0 atom stereocenters. The number of ether oxygens (including phenoxy) is 1. The Hall–Kier alpha value is -0.570. The first-order valence-corrected chi connectivity index (χ1v) is 8.18. The molecule has 0 radical (unpaired) electrons.